The summed E-state index contributed by atoms with van der Waals surface area (Å²) >= 11 is 3.62. The van der Waals surface area contributed by atoms with E-state index in [1.54, 1.807) is 0 Å². The van der Waals surface area contributed by atoms with Gasteiger partial charge in [-0.3, -0.25) is 0 Å². The first-order chi connectivity index (χ1) is 6.69. The lowest BCUT2D eigenvalue weighted by Crippen LogP contribution is -2.03. The lowest BCUT2D eigenvalue weighted by atomic mass is 9.97. The average Bonchev–Trinajstić information content (AvgIpc) is 2.17. The predicted molar refractivity (Wildman–Crippen MR) is 65.6 cm³/mol. The van der Waals surface area contributed by atoms with Crippen molar-refractivity contribution in [1.82, 2.24) is 0 Å². The topological polar surface area (TPSA) is 26.0 Å². The maximum absolute atomic E-state index is 5.52. The Morgan fingerprint density at radius 2 is 2.14 bits per heavy atom. The van der Waals surface area contributed by atoms with Crippen LogP contribution in [0.5, 0.6) is 0 Å². The molecule has 0 aliphatic heterocycles. The molecular formula is C12H18BrN. The van der Waals surface area contributed by atoms with E-state index in [-0.39, 0.29) is 0 Å². The molecule has 0 aliphatic rings. The van der Waals surface area contributed by atoms with Crippen molar-refractivity contribution in [2.75, 3.05) is 6.54 Å². The van der Waals surface area contributed by atoms with Crippen LogP contribution in [0.3, 0.4) is 0 Å². The molecule has 0 saturated carbocycles. The summed E-state index contributed by atoms with van der Waals surface area (Å²) in [7, 11) is 0. The van der Waals surface area contributed by atoms with Crippen LogP contribution in [0.2, 0.25) is 0 Å². The molecule has 78 valence electrons. The van der Waals surface area contributed by atoms with Gasteiger partial charge in [-0.15, -0.1) is 0 Å². The first-order valence-electron chi connectivity index (χ1n) is 5.17. The van der Waals surface area contributed by atoms with Crippen LogP contribution in [0.15, 0.2) is 22.7 Å². The zero-order valence-electron chi connectivity index (χ0n) is 8.89. The summed E-state index contributed by atoms with van der Waals surface area (Å²) in [6, 6.07) is 6.58. The van der Waals surface area contributed by atoms with E-state index in [2.05, 4.69) is 48.0 Å². The number of rotatable bonds is 4. The highest BCUT2D eigenvalue weighted by Gasteiger charge is 2.07. The lowest BCUT2D eigenvalue weighted by molar-refractivity contribution is 0.729. The molecule has 1 aromatic rings. The van der Waals surface area contributed by atoms with Gasteiger partial charge in [0.25, 0.3) is 0 Å². The fourth-order valence-electron chi connectivity index (χ4n) is 1.51. The molecule has 0 radical (unpaired) electrons. The van der Waals surface area contributed by atoms with Gasteiger partial charge in [0, 0.05) is 4.47 Å². The van der Waals surface area contributed by atoms with E-state index < -0.39 is 0 Å². The monoisotopic (exact) mass is 255 g/mol. The van der Waals surface area contributed by atoms with Gasteiger partial charge in [0.15, 0.2) is 0 Å². The number of hydrogen-bond donors (Lipinski definition) is 1. The van der Waals surface area contributed by atoms with Crippen molar-refractivity contribution < 1.29 is 0 Å². The number of benzene rings is 1. The van der Waals surface area contributed by atoms with Gasteiger partial charge in [0.1, 0.15) is 0 Å². The van der Waals surface area contributed by atoms with Gasteiger partial charge in [-0.25, -0.2) is 0 Å². The van der Waals surface area contributed by atoms with Gasteiger partial charge in [-0.05, 0) is 42.5 Å². The van der Waals surface area contributed by atoms with Crippen molar-refractivity contribution in [1.29, 1.82) is 0 Å². The molecule has 0 aliphatic carbocycles. The smallest absolute Gasteiger partial charge is 0.0212 e. The third-order valence-corrected chi connectivity index (χ3v) is 3.33. The Labute approximate surface area is 94.8 Å². The van der Waals surface area contributed by atoms with Crippen molar-refractivity contribution in [3.05, 3.63) is 33.8 Å². The van der Waals surface area contributed by atoms with E-state index in [4.69, 9.17) is 5.73 Å². The van der Waals surface area contributed by atoms with Gasteiger partial charge >= 0.3 is 0 Å². The molecule has 1 rings (SSSR count). The van der Waals surface area contributed by atoms with E-state index in [1.165, 1.54) is 22.0 Å². The van der Waals surface area contributed by atoms with E-state index >= 15 is 0 Å². The maximum Gasteiger partial charge on any atom is 0.0212 e. The molecule has 1 aromatic carbocycles. The van der Waals surface area contributed by atoms with Gasteiger partial charge in [-0.2, -0.15) is 0 Å². The van der Waals surface area contributed by atoms with Gasteiger partial charge in [0.2, 0.25) is 0 Å². The Kier molecular flexibility index (Phi) is 4.63. The Bertz CT molecular complexity index is 296. The minimum atomic E-state index is 0.622. The van der Waals surface area contributed by atoms with Gasteiger partial charge in [0.05, 0.1) is 0 Å². The molecule has 0 aromatic heterocycles. The summed E-state index contributed by atoms with van der Waals surface area (Å²) in [6.07, 6.45) is 2.13. The van der Waals surface area contributed by atoms with Gasteiger partial charge in [-0.1, -0.05) is 41.9 Å². The highest BCUT2D eigenvalue weighted by atomic mass is 79.9. The van der Waals surface area contributed by atoms with Crippen LogP contribution in [0, 0.1) is 0 Å². The summed E-state index contributed by atoms with van der Waals surface area (Å²) in [5, 5.41) is 0. The highest BCUT2D eigenvalue weighted by Crippen LogP contribution is 2.27. The molecule has 14 heavy (non-hydrogen) atoms. The van der Waals surface area contributed by atoms with Crippen molar-refractivity contribution in [3.63, 3.8) is 0 Å². The van der Waals surface area contributed by atoms with Crippen LogP contribution in [-0.4, -0.2) is 6.54 Å². The van der Waals surface area contributed by atoms with E-state index in [1.807, 2.05) is 0 Å². The van der Waals surface area contributed by atoms with Crippen LogP contribution in [0.1, 0.15) is 37.3 Å². The summed E-state index contributed by atoms with van der Waals surface area (Å²) in [5.74, 6) is 0.622. The molecule has 0 saturated heterocycles. The normalized spacial score (nSPS) is 12.9. The Hall–Kier alpha value is -0.340. The molecule has 0 bridgehead atoms. The molecule has 0 amide bonds. The molecule has 0 heterocycles. The van der Waals surface area contributed by atoms with Crippen molar-refractivity contribution >= 4 is 15.9 Å². The highest BCUT2D eigenvalue weighted by molar-refractivity contribution is 9.10. The first kappa shape index (κ1) is 11.7. The minimum absolute atomic E-state index is 0.622. The summed E-state index contributed by atoms with van der Waals surface area (Å²) in [5.41, 5.74) is 8.23. The number of halogens is 1. The summed E-state index contributed by atoms with van der Waals surface area (Å²) in [4.78, 5) is 0. The Morgan fingerprint density at radius 1 is 1.43 bits per heavy atom. The molecular weight excluding hydrogens is 238 g/mol. The molecule has 0 spiro atoms. The van der Waals surface area contributed by atoms with E-state index in [0.717, 1.165) is 13.0 Å². The molecule has 1 unspecified atom stereocenters. The predicted octanol–water partition coefficient (Wildman–Crippen LogP) is 3.46. The van der Waals surface area contributed by atoms with Crippen LogP contribution in [0.25, 0.3) is 0 Å². The third kappa shape index (κ3) is 2.82. The second kappa shape index (κ2) is 5.52. The van der Waals surface area contributed by atoms with Crippen molar-refractivity contribution in [2.24, 2.45) is 5.73 Å². The van der Waals surface area contributed by atoms with E-state index in [0.29, 0.717) is 5.92 Å². The lowest BCUT2D eigenvalue weighted by Gasteiger charge is -2.12. The minimum Gasteiger partial charge on any atom is -0.330 e. The molecule has 1 atom stereocenters. The fourth-order valence-corrected chi connectivity index (χ4v) is 2.33. The average molecular weight is 256 g/mol. The summed E-state index contributed by atoms with van der Waals surface area (Å²) in [6.45, 7) is 5.18. The van der Waals surface area contributed by atoms with E-state index in [9.17, 15) is 0 Å². The maximum atomic E-state index is 5.52. The zero-order valence-corrected chi connectivity index (χ0v) is 10.5. The molecule has 1 nitrogen and oxygen atoms in total. The largest absolute Gasteiger partial charge is 0.330 e. The fraction of sp³-hybridized carbons (Fsp3) is 0.500. The van der Waals surface area contributed by atoms with Crippen molar-refractivity contribution in [3.8, 4) is 0 Å². The first-order valence-corrected chi connectivity index (χ1v) is 5.96. The van der Waals surface area contributed by atoms with Gasteiger partial charge < -0.3 is 5.73 Å². The Morgan fingerprint density at radius 3 is 2.64 bits per heavy atom. The SMILES string of the molecule is CCC(C)c1ccc(CCN)cc1Br. The molecule has 0 fully saturated rings. The molecule has 2 N–H and O–H groups in total. The Balaban J connectivity index is 2.89. The van der Waals surface area contributed by atoms with Crippen LogP contribution in [-0.2, 0) is 6.42 Å². The third-order valence-electron chi connectivity index (χ3n) is 2.64. The second-order valence-electron chi connectivity index (χ2n) is 3.70. The standard InChI is InChI=1S/C12H18BrN/c1-3-9(2)11-5-4-10(6-7-14)8-12(11)13/h4-5,8-9H,3,6-7,14H2,1-2H3. The summed E-state index contributed by atoms with van der Waals surface area (Å²) < 4.78 is 1.22. The number of nitrogens with two attached hydrogens (primary N) is 1. The number of hydrogen-bond acceptors (Lipinski definition) is 1. The van der Waals surface area contributed by atoms with Crippen LogP contribution in [0.4, 0.5) is 0 Å². The van der Waals surface area contributed by atoms with Crippen molar-refractivity contribution in [2.45, 2.75) is 32.6 Å². The quantitative estimate of drug-likeness (QED) is 0.877. The second-order valence-corrected chi connectivity index (χ2v) is 4.56. The van der Waals surface area contributed by atoms with Crippen LogP contribution < -0.4 is 5.73 Å². The zero-order chi connectivity index (χ0) is 10.6. The van der Waals surface area contributed by atoms with Crippen LogP contribution >= 0.6 is 15.9 Å². The molecule has 2 heteroatoms.